The number of aryl methyl sites for hydroxylation is 1. The maximum atomic E-state index is 13.5. The Morgan fingerprint density at radius 1 is 1.44 bits per heavy atom. The number of nitrogens with one attached hydrogen (secondary N) is 1. The van der Waals surface area contributed by atoms with Crippen molar-refractivity contribution in [3.05, 3.63) is 62.2 Å². The molecule has 25 heavy (non-hydrogen) atoms. The molecule has 1 aliphatic heterocycles. The van der Waals surface area contributed by atoms with Crippen molar-refractivity contribution < 1.29 is 9.18 Å². The minimum absolute atomic E-state index is 0.0459. The molecule has 2 aromatic rings. The Balaban J connectivity index is 1.94. The maximum Gasteiger partial charge on any atom is 0.280 e. The van der Waals surface area contributed by atoms with Crippen molar-refractivity contribution in [3.8, 4) is 0 Å². The average Bonchev–Trinajstić information content (AvgIpc) is 3.16. The third-order valence-electron chi connectivity index (χ3n) is 4.52. The van der Waals surface area contributed by atoms with Crippen molar-refractivity contribution in [1.82, 2.24) is 10.3 Å². The predicted octanol–water partition coefficient (Wildman–Crippen LogP) is 1.90. The van der Waals surface area contributed by atoms with Gasteiger partial charge in [-0.3, -0.25) is 9.79 Å². The lowest BCUT2D eigenvalue weighted by Crippen LogP contribution is -2.26. The Morgan fingerprint density at radius 2 is 2.28 bits per heavy atom. The van der Waals surface area contributed by atoms with E-state index >= 15 is 0 Å². The van der Waals surface area contributed by atoms with Crippen LogP contribution in [0.1, 0.15) is 33.3 Å². The lowest BCUT2D eigenvalue weighted by atomic mass is 9.97. The molecule has 1 aromatic carbocycles. The van der Waals surface area contributed by atoms with Gasteiger partial charge in [-0.2, -0.15) is 0 Å². The fraction of sp³-hybridized carbons (Fsp3) is 0.211. The van der Waals surface area contributed by atoms with Crippen LogP contribution in [0.2, 0.25) is 0 Å². The Hall–Kier alpha value is -2.60. The first-order chi connectivity index (χ1) is 12.1. The molecule has 1 N–H and O–H groups in total. The van der Waals surface area contributed by atoms with Gasteiger partial charge in [-0.25, -0.2) is 9.37 Å². The fourth-order valence-electron chi connectivity index (χ4n) is 3.36. The highest BCUT2D eigenvalue weighted by molar-refractivity contribution is 7.11. The zero-order valence-corrected chi connectivity index (χ0v) is 14.5. The molecule has 0 saturated carbocycles. The number of carbonyl (C=O) groups excluding carboxylic acids is 1. The van der Waals surface area contributed by atoms with E-state index < -0.39 is 0 Å². The molecule has 2 heterocycles. The molecule has 4 rings (SSSR count). The van der Waals surface area contributed by atoms with Gasteiger partial charge in [-0.15, -0.1) is 11.3 Å². The number of nitrogens with zero attached hydrogens (tertiary/aromatic N) is 2. The van der Waals surface area contributed by atoms with E-state index in [-0.39, 0.29) is 17.6 Å². The molecule has 0 fully saturated rings. The number of allylic oxidation sites excluding steroid dienone is 1. The minimum atomic E-state index is -0.216. The zero-order chi connectivity index (χ0) is 17.6. The van der Waals surface area contributed by atoms with Crippen molar-refractivity contribution in [2.75, 3.05) is 7.05 Å². The van der Waals surface area contributed by atoms with E-state index in [1.165, 1.54) is 17.4 Å². The van der Waals surface area contributed by atoms with Crippen LogP contribution >= 0.6 is 11.3 Å². The number of halogens is 1. The van der Waals surface area contributed by atoms with Gasteiger partial charge in [-0.05, 0) is 47.8 Å². The molecule has 4 nitrogen and oxygen atoms in total. The van der Waals surface area contributed by atoms with E-state index in [1.807, 2.05) is 12.1 Å². The molecule has 1 aromatic heterocycles. The van der Waals surface area contributed by atoms with Gasteiger partial charge in [0, 0.05) is 19.2 Å². The van der Waals surface area contributed by atoms with Crippen LogP contribution in [0.3, 0.4) is 0 Å². The molecular weight excluding hydrogens is 337 g/mol. The van der Waals surface area contributed by atoms with Crippen LogP contribution in [0.15, 0.2) is 35.3 Å². The average molecular weight is 353 g/mol. The van der Waals surface area contributed by atoms with Gasteiger partial charge < -0.3 is 5.32 Å². The summed E-state index contributed by atoms with van der Waals surface area (Å²) in [6.07, 6.45) is 5.29. The molecule has 6 heteroatoms. The molecule has 126 valence electrons. The van der Waals surface area contributed by atoms with Gasteiger partial charge in [0.15, 0.2) is 5.01 Å². The second kappa shape index (κ2) is 6.04. The van der Waals surface area contributed by atoms with Crippen molar-refractivity contribution in [2.24, 2.45) is 4.99 Å². The topological polar surface area (TPSA) is 54.4 Å². The molecule has 0 saturated heterocycles. The summed E-state index contributed by atoms with van der Waals surface area (Å²) in [5.74, 6) is -0.384. The molecular formula is C19H16FN3OS. The van der Waals surface area contributed by atoms with E-state index in [0.29, 0.717) is 5.01 Å². The Morgan fingerprint density at radius 3 is 3.08 bits per heavy atom. The SMILES string of the molecule is C=C1C=NC(C2CCc3cc(F)ccc32)=c2nc(C(=O)NC)sc2=C1. The molecule has 0 radical (unpaired) electrons. The minimum Gasteiger partial charge on any atom is -0.353 e. The highest BCUT2D eigenvalue weighted by Gasteiger charge is 2.28. The normalized spacial score (nSPS) is 18.4. The molecule has 0 bridgehead atoms. The Bertz CT molecular complexity index is 1050. The van der Waals surface area contributed by atoms with Crippen LogP contribution in [-0.2, 0) is 6.42 Å². The first-order valence-electron chi connectivity index (χ1n) is 8.03. The number of fused-ring (bicyclic) bond motifs is 2. The van der Waals surface area contributed by atoms with Gasteiger partial charge in [0.1, 0.15) is 11.2 Å². The number of amides is 1. The van der Waals surface area contributed by atoms with Gasteiger partial charge >= 0.3 is 0 Å². The highest BCUT2D eigenvalue weighted by atomic mass is 32.1. The van der Waals surface area contributed by atoms with Crippen LogP contribution in [0.5, 0.6) is 0 Å². The molecule has 1 atom stereocenters. The summed E-state index contributed by atoms with van der Waals surface area (Å²) in [7, 11) is 1.59. The van der Waals surface area contributed by atoms with E-state index in [1.54, 1.807) is 19.3 Å². The van der Waals surface area contributed by atoms with Crippen molar-refractivity contribution in [2.45, 2.75) is 18.8 Å². The largest absolute Gasteiger partial charge is 0.353 e. The third-order valence-corrected chi connectivity index (χ3v) is 5.52. The molecule has 2 aliphatic rings. The number of benzene rings is 1. The third kappa shape index (κ3) is 2.72. The number of aromatic nitrogens is 1. The van der Waals surface area contributed by atoms with Crippen LogP contribution in [0, 0.1) is 5.82 Å². The van der Waals surface area contributed by atoms with E-state index in [0.717, 1.165) is 45.1 Å². The van der Waals surface area contributed by atoms with E-state index in [2.05, 4.69) is 21.9 Å². The molecule has 1 aliphatic carbocycles. The summed E-state index contributed by atoms with van der Waals surface area (Å²) in [6, 6.07) is 4.92. The first-order valence-corrected chi connectivity index (χ1v) is 8.84. The number of aliphatic imine (C=N–C) groups is 1. The summed E-state index contributed by atoms with van der Waals surface area (Å²) in [4.78, 5) is 21.1. The maximum absolute atomic E-state index is 13.5. The fourth-order valence-corrected chi connectivity index (χ4v) is 4.36. The van der Waals surface area contributed by atoms with Gasteiger partial charge in [0.05, 0.1) is 10.2 Å². The zero-order valence-electron chi connectivity index (χ0n) is 13.7. The van der Waals surface area contributed by atoms with Crippen LogP contribution in [0.4, 0.5) is 4.39 Å². The summed E-state index contributed by atoms with van der Waals surface area (Å²) >= 11 is 1.33. The smallest absolute Gasteiger partial charge is 0.280 e. The van der Waals surface area contributed by atoms with Crippen molar-refractivity contribution in [1.29, 1.82) is 0 Å². The van der Waals surface area contributed by atoms with Crippen LogP contribution in [-0.4, -0.2) is 24.2 Å². The monoisotopic (exact) mass is 353 g/mol. The van der Waals surface area contributed by atoms with Gasteiger partial charge in [0.2, 0.25) is 0 Å². The highest BCUT2D eigenvalue weighted by Crippen LogP contribution is 2.39. The number of carbonyl (C=O) groups is 1. The van der Waals surface area contributed by atoms with Gasteiger partial charge in [-0.1, -0.05) is 12.6 Å². The molecule has 1 unspecified atom stereocenters. The molecule has 1 amide bonds. The second-order valence-electron chi connectivity index (χ2n) is 6.11. The number of hydrogen-bond donors (Lipinski definition) is 1. The number of hydrogen-bond acceptors (Lipinski definition) is 4. The Kier molecular flexibility index (Phi) is 3.84. The van der Waals surface area contributed by atoms with E-state index in [4.69, 9.17) is 0 Å². The van der Waals surface area contributed by atoms with E-state index in [9.17, 15) is 9.18 Å². The second-order valence-corrected chi connectivity index (χ2v) is 7.14. The van der Waals surface area contributed by atoms with Crippen molar-refractivity contribution in [3.63, 3.8) is 0 Å². The van der Waals surface area contributed by atoms with Crippen molar-refractivity contribution >= 4 is 35.2 Å². The Labute approximate surface area is 148 Å². The predicted molar refractivity (Wildman–Crippen MR) is 97.7 cm³/mol. The standard InChI is InChI=1S/C19H16FN3OS/c1-10-7-15-17(23-19(25-15)18(24)21-2)16(22-9-10)14-5-3-11-8-12(20)4-6-13(11)14/h4,6-9,14H,1,3,5H2,2H3,(H,21,24). The first kappa shape index (κ1) is 15.9. The summed E-state index contributed by atoms with van der Waals surface area (Å²) in [5.41, 5.74) is 3.69. The number of thiazole rings is 1. The van der Waals surface area contributed by atoms with Gasteiger partial charge in [0.25, 0.3) is 5.91 Å². The quantitative estimate of drug-likeness (QED) is 0.897. The lowest BCUT2D eigenvalue weighted by molar-refractivity contribution is 0.0962. The summed E-state index contributed by atoms with van der Waals surface area (Å²) < 4.78 is 14.4. The summed E-state index contributed by atoms with van der Waals surface area (Å²) in [6.45, 7) is 3.97. The lowest BCUT2D eigenvalue weighted by Gasteiger charge is -2.11. The van der Waals surface area contributed by atoms with Crippen LogP contribution < -0.4 is 15.2 Å². The van der Waals surface area contributed by atoms with Crippen LogP contribution in [0.25, 0.3) is 11.8 Å². The number of rotatable bonds is 2. The summed E-state index contributed by atoms with van der Waals surface area (Å²) in [5, 5.41) is 3.74. The molecule has 0 spiro atoms.